The topological polar surface area (TPSA) is 20.2 Å². The summed E-state index contributed by atoms with van der Waals surface area (Å²) in [7, 11) is 0. The highest BCUT2D eigenvalue weighted by Crippen LogP contribution is 2.14. The van der Waals surface area contributed by atoms with E-state index in [1.165, 1.54) is 16.7 Å². The van der Waals surface area contributed by atoms with Crippen molar-refractivity contribution >= 4 is 0 Å². The molecule has 0 bridgehead atoms. The molecule has 68 valence electrons. The van der Waals surface area contributed by atoms with Crippen molar-refractivity contribution in [1.82, 2.24) is 0 Å². The molecule has 1 N–H and O–H groups in total. The molecule has 0 saturated heterocycles. The summed E-state index contributed by atoms with van der Waals surface area (Å²) in [4.78, 5) is 0. The fourth-order valence-electron chi connectivity index (χ4n) is 1.30. The van der Waals surface area contributed by atoms with Gasteiger partial charge in [-0.2, -0.15) is 0 Å². The maximum Gasteiger partial charge on any atom is 0.104 e. The minimum atomic E-state index is -0.0770. The number of hydrogen-bond donors (Lipinski definition) is 1. The lowest BCUT2D eigenvalue weighted by Gasteiger charge is -2.04. The first-order chi connectivity index (χ1) is 6.15. The number of benzene rings is 1. The monoisotopic (exact) mass is 174 g/mol. The summed E-state index contributed by atoms with van der Waals surface area (Å²) >= 11 is 0. The van der Waals surface area contributed by atoms with Gasteiger partial charge in [-0.3, -0.25) is 0 Å². The van der Waals surface area contributed by atoms with Gasteiger partial charge in [-0.1, -0.05) is 17.9 Å². The van der Waals surface area contributed by atoms with Crippen LogP contribution in [0.3, 0.4) is 0 Å². The van der Waals surface area contributed by atoms with E-state index < -0.39 is 0 Å². The van der Waals surface area contributed by atoms with Gasteiger partial charge in [0.05, 0.1) is 0 Å². The van der Waals surface area contributed by atoms with Crippen LogP contribution in [0.2, 0.25) is 0 Å². The molecule has 0 aliphatic heterocycles. The molecular formula is C12H14O. The van der Waals surface area contributed by atoms with Crippen LogP contribution < -0.4 is 0 Å². The molecule has 13 heavy (non-hydrogen) atoms. The fourth-order valence-corrected chi connectivity index (χ4v) is 1.30. The fraction of sp³-hybridized carbons (Fsp3) is 0.333. The molecule has 0 aliphatic rings. The summed E-state index contributed by atoms with van der Waals surface area (Å²) in [6.07, 6.45) is 0. The standard InChI is InChI=1S/C12H14O/c1-9-7-10(2)11(3)12(8-9)5-4-6-13/h7-8,13H,6H2,1-3H3. The Hall–Kier alpha value is -1.26. The van der Waals surface area contributed by atoms with Gasteiger partial charge < -0.3 is 5.11 Å². The van der Waals surface area contributed by atoms with Crippen molar-refractivity contribution in [3.63, 3.8) is 0 Å². The summed E-state index contributed by atoms with van der Waals surface area (Å²) in [6.45, 7) is 6.10. The van der Waals surface area contributed by atoms with E-state index in [9.17, 15) is 0 Å². The molecule has 0 atom stereocenters. The molecule has 0 heterocycles. The second-order valence-electron chi connectivity index (χ2n) is 3.21. The van der Waals surface area contributed by atoms with E-state index in [-0.39, 0.29) is 6.61 Å². The average Bonchev–Trinajstić information content (AvgIpc) is 2.09. The van der Waals surface area contributed by atoms with Crippen molar-refractivity contribution in [1.29, 1.82) is 0 Å². The summed E-state index contributed by atoms with van der Waals surface area (Å²) in [5.41, 5.74) is 4.69. The third-order valence-electron chi connectivity index (χ3n) is 2.11. The largest absolute Gasteiger partial charge is 0.384 e. The summed E-state index contributed by atoms with van der Waals surface area (Å²) < 4.78 is 0. The predicted molar refractivity (Wildman–Crippen MR) is 54.6 cm³/mol. The van der Waals surface area contributed by atoms with E-state index in [2.05, 4.69) is 38.7 Å². The smallest absolute Gasteiger partial charge is 0.104 e. The van der Waals surface area contributed by atoms with Crippen LogP contribution in [0.4, 0.5) is 0 Å². The van der Waals surface area contributed by atoms with Crippen LogP contribution >= 0.6 is 0 Å². The molecule has 0 amide bonds. The Kier molecular flexibility index (Phi) is 3.11. The van der Waals surface area contributed by atoms with Crippen LogP contribution in [0, 0.1) is 32.6 Å². The number of rotatable bonds is 0. The maximum absolute atomic E-state index is 8.58. The Morgan fingerprint density at radius 1 is 1.23 bits per heavy atom. The SMILES string of the molecule is Cc1cc(C)c(C)c(C#CCO)c1. The highest BCUT2D eigenvalue weighted by molar-refractivity contribution is 5.46. The van der Waals surface area contributed by atoms with Gasteiger partial charge in [-0.05, 0) is 43.5 Å². The molecule has 1 heteroatoms. The number of aliphatic hydroxyl groups is 1. The van der Waals surface area contributed by atoms with Gasteiger partial charge >= 0.3 is 0 Å². The van der Waals surface area contributed by atoms with E-state index in [0.717, 1.165) is 5.56 Å². The molecular weight excluding hydrogens is 160 g/mol. The van der Waals surface area contributed by atoms with E-state index in [1.807, 2.05) is 6.07 Å². The Bertz CT molecular complexity index is 367. The average molecular weight is 174 g/mol. The maximum atomic E-state index is 8.58. The lowest BCUT2D eigenvalue weighted by molar-refractivity contribution is 0.350. The van der Waals surface area contributed by atoms with E-state index >= 15 is 0 Å². The van der Waals surface area contributed by atoms with Crippen LogP contribution in [0.25, 0.3) is 0 Å². The molecule has 1 nitrogen and oxygen atoms in total. The van der Waals surface area contributed by atoms with Gasteiger partial charge in [-0.15, -0.1) is 0 Å². The molecule has 0 aromatic heterocycles. The van der Waals surface area contributed by atoms with E-state index in [4.69, 9.17) is 5.11 Å². The second kappa shape index (κ2) is 4.11. The second-order valence-corrected chi connectivity index (χ2v) is 3.21. The van der Waals surface area contributed by atoms with Gasteiger partial charge in [-0.25, -0.2) is 0 Å². The summed E-state index contributed by atoms with van der Waals surface area (Å²) in [5, 5.41) is 8.58. The van der Waals surface area contributed by atoms with Crippen LogP contribution in [0.15, 0.2) is 12.1 Å². The minimum absolute atomic E-state index is 0.0770. The van der Waals surface area contributed by atoms with Gasteiger partial charge in [0.25, 0.3) is 0 Å². The normalized spacial score (nSPS) is 9.23. The number of hydrogen-bond acceptors (Lipinski definition) is 1. The molecule has 0 fully saturated rings. The summed E-state index contributed by atoms with van der Waals surface area (Å²) in [5.74, 6) is 5.61. The Morgan fingerprint density at radius 2 is 1.92 bits per heavy atom. The van der Waals surface area contributed by atoms with Crippen LogP contribution in [0.1, 0.15) is 22.3 Å². The summed E-state index contributed by atoms with van der Waals surface area (Å²) in [6, 6.07) is 4.18. The van der Waals surface area contributed by atoms with Crippen molar-refractivity contribution in [2.45, 2.75) is 20.8 Å². The van der Waals surface area contributed by atoms with Crippen molar-refractivity contribution in [2.75, 3.05) is 6.61 Å². The molecule has 1 aromatic carbocycles. The molecule has 0 saturated carbocycles. The molecule has 0 spiro atoms. The number of aryl methyl sites for hydroxylation is 2. The van der Waals surface area contributed by atoms with Crippen LogP contribution in [-0.4, -0.2) is 11.7 Å². The zero-order valence-corrected chi connectivity index (χ0v) is 8.31. The first-order valence-corrected chi connectivity index (χ1v) is 4.32. The van der Waals surface area contributed by atoms with Crippen LogP contribution in [0.5, 0.6) is 0 Å². The Morgan fingerprint density at radius 3 is 2.54 bits per heavy atom. The van der Waals surface area contributed by atoms with Crippen LogP contribution in [-0.2, 0) is 0 Å². The van der Waals surface area contributed by atoms with Gasteiger partial charge in [0.2, 0.25) is 0 Å². The van der Waals surface area contributed by atoms with Crippen molar-refractivity contribution in [3.8, 4) is 11.8 Å². The van der Waals surface area contributed by atoms with E-state index in [0.29, 0.717) is 0 Å². The van der Waals surface area contributed by atoms with Gasteiger partial charge in [0, 0.05) is 5.56 Å². The lowest BCUT2D eigenvalue weighted by atomic mass is 10.0. The highest BCUT2D eigenvalue weighted by atomic mass is 16.2. The zero-order chi connectivity index (χ0) is 9.84. The lowest BCUT2D eigenvalue weighted by Crippen LogP contribution is -1.89. The van der Waals surface area contributed by atoms with Gasteiger partial charge in [0.15, 0.2) is 0 Å². The van der Waals surface area contributed by atoms with Crippen molar-refractivity contribution in [2.24, 2.45) is 0 Å². The first-order valence-electron chi connectivity index (χ1n) is 4.32. The quantitative estimate of drug-likeness (QED) is 0.596. The zero-order valence-electron chi connectivity index (χ0n) is 8.31. The molecule has 1 aromatic rings. The molecule has 0 radical (unpaired) electrons. The van der Waals surface area contributed by atoms with E-state index in [1.54, 1.807) is 0 Å². The molecule has 1 rings (SSSR count). The Labute approximate surface area is 79.4 Å². The van der Waals surface area contributed by atoms with Crippen molar-refractivity contribution in [3.05, 3.63) is 34.4 Å². The third-order valence-corrected chi connectivity index (χ3v) is 2.11. The molecule has 0 unspecified atom stereocenters. The first kappa shape index (κ1) is 9.83. The minimum Gasteiger partial charge on any atom is -0.384 e. The predicted octanol–water partition coefficient (Wildman–Crippen LogP) is 1.96. The Balaban J connectivity index is 3.20. The van der Waals surface area contributed by atoms with Crippen molar-refractivity contribution < 1.29 is 5.11 Å². The third kappa shape index (κ3) is 2.34. The molecule has 0 aliphatic carbocycles. The number of aliphatic hydroxyl groups excluding tert-OH is 1. The highest BCUT2D eigenvalue weighted by Gasteiger charge is 1.98. The van der Waals surface area contributed by atoms with Gasteiger partial charge in [0.1, 0.15) is 6.61 Å².